The minimum atomic E-state index is -0.455. The Balaban J connectivity index is 2.55. The molecular weight excluding hydrogens is 190 g/mol. The fraction of sp³-hybridized carbons (Fsp3) is 0.500. The summed E-state index contributed by atoms with van der Waals surface area (Å²) in [7, 11) is 0. The number of rotatable bonds is 2. The first kappa shape index (κ1) is 10.1. The molecule has 0 saturated heterocycles. The molecular formula is C12H16NO2+. The predicted molar refractivity (Wildman–Crippen MR) is 57.8 cm³/mol. The van der Waals surface area contributed by atoms with Crippen molar-refractivity contribution in [1.82, 2.24) is 0 Å². The molecule has 1 aliphatic rings. The lowest BCUT2D eigenvalue weighted by atomic mass is 9.92. The maximum Gasteiger partial charge on any atom is 0.324 e. The molecule has 0 radical (unpaired) electrons. The van der Waals surface area contributed by atoms with E-state index in [0.29, 0.717) is 10.6 Å². The third-order valence-corrected chi connectivity index (χ3v) is 3.20. The molecule has 1 unspecified atom stereocenters. The predicted octanol–water partition coefficient (Wildman–Crippen LogP) is 3.23. The first-order valence-corrected chi connectivity index (χ1v) is 5.40. The van der Waals surface area contributed by atoms with E-state index in [4.69, 9.17) is 4.84 Å². The molecule has 0 N–H and O–H groups in total. The Kier molecular flexibility index (Phi) is 2.25. The maximum absolute atomic E-state index is 11.6. The number of fused-ring (bicyclic) bond motifs is 1. The quantitative estimate of drug-likeness (QED) is 0.743. The van der Waals surface area contributed by atoms with Crippen molar-refractivity contribution < 1.29 is 9.76 Å². The molecule has 0 saturated carbocycles. The number of benzene rings is 1. The van der Waals surface area contributed by atoms with Gasteiger partial charge in [-0.1, -0.05) is 19.9 Å². The molecule has 3 nitrogen and oxygen atoms in total. The van der Waals surface area contributed by atoms with Gasteiger partial charge in [0.15, 0.2) is 0 Å². The number of aryl methyl sites for hydroxylation is 1. The minimum absolute atomic E-state index is 0.455. The van der Waals surface area contributed by atoms with Crippen LogP contribution in [0.5, 0.6) is 0 Å². The Morgan fingerprint density at radius 2 is 2.13 bits per heavy atom. The van der Waals surface area contributed by atoms with Gasteiger partial charge in [-0.15, -0.1) is 0 Å². The molecule has 2 rings (SSSR count). The smallest absolute Gasteiger partial charge is 0.215 e. The van der Waals surface area contributed by atoms with Gasteiger partial charge in [-0.25, -0.2) is 4.84 Å². The molecule has 15 heavy (non-hydrogen) atoms. The molecule has 1 aromatic rings. The van der Waals surface area contributed by atoms with Crippen LogP contribution in [0.4, 0.5) is 5.69 Å². The van der Waals surface area contributed by atoms with Crippen molar-refractivity contribution >= 4 is 5.69 Å². The number of nitrogens with zero attached hydrogens (tertiary/aromatic N) is 1. The Morgan fingerprint density at radius 1 is 1.40 bits per heavy atom. The van der Waals surface area contributed by atoms with E-state index in [1.54, 1.807) is 0 Å². The van der Waals surface area contributed by atoms with E-state index in [1.807, 2.05) is 26.0 Å². The van der Waals surface area contributed by atoms with Gasteiger partial charge in [0.2, 0.25) is 5.60 Å². The van der Waals surface area contributed by atoms with Gasteiger partial charge in [0.25, 0.3) is 4.92 Å². The van der Waals surface area contributed by atoms with Crippen LogP contribution < -0.4 is 0 Å². The van der Waals surface area contributed by atoms with Crippen LogP contribution in [-0.4, -0.2) is 4.92 Å². The highest BCUT2D eigenvalue weighted by atomic mass is 16.8. The summed E-state index contributed by atoms with van der Waals surface area (Å²) in [6.07, 6.45) is 1.73. The summed E-state index contributed by atoms with van der Waals surface area (Å²) in [6.45, 7) is 6.05. The lowest BCUT2D eigenvalue weighted by molar-refractivity contribution is -0.757. The molecule has 1 atom stereocenters. The third kappa shape index (κ3) is 1.42. The summed E-state index contributed by atoms with van der Waals surface area (Å²) >= 11 is 0. The summed E-state index contributed by atoms with van der Waals surface area (Å²) in [6, 6.07) is 5.99. The molecule has 1 aromatic carbocycles. The van der Waals surface area contributed by atoms with Crippen LogP contribution in [0.2, 0.25) is 0 Å². The van der Waals surface area contributed by atoms with Crippen molar-refractivity contribution in [2.45, 2.75) is 39.2 Å². The van der Waals surface area contributed by atoms with Crippen molar-refractivity contribution in [2.24, 2.45) is 0 Å². The van der Waals surface area contributed by atoms with Gasteiger partial charge in [0.1, 0.15) is 0 Å². The molecule has 0 fully saturated rings. The second kappa shape index (κ2) is 3.33. The van der Waals surface area contributed by atoms with Crippen LogP contribution in [0.3, 0.4) is 0 Å². The number of hydrogen-bond donors (Lipinski definition) is 0. The highest BCUT2D eigenvalue weighted by molar-refractivity contribution is 5.47. The zero-order chi connectivity index (χ0) is 11.1. The molecule has 0 bridgehead atoms. The summed E-state index contributed by atoms with van der Waals surface area (Å²) in [5.41, 5.74) is 2.37. The van der Waals surface area contributed by atoms with Gasteiger partial charge in [-0.05, 0) is 31.4 Å². The van der Waals surface area contributed by atoms with Crippen molar-refractivity contribution in [1.29, 1.82) is 0 Å². The van der Waals surface area contributed by atoms with Crippen LogP contribution in [-0.2, 0) is 16.9 Å². The van der Waals surface area contributed by atoms with E-state index < -0.39 is 5.60 Å². The lowest BCUT2D eigenvalue weighted by Crippen LogP contribution is -2.20. The fourth-order valence-corrected chi connectivity index (χ4v) is 1.93. The van der Waals surface area contributed by atoms with E-state index in [1.165, 1.54) is 5.56 Å². The average Bonchev–Trinajstić information content (AvgIpc) is 2.52. The summed E-state index contributed by atoms with van der Waals surface area (Å²) < 4.78 is 0. The average molecular weight is 206 g/mol. The van der Waals surface area contributed by atoms with Gasteiger partial charge in [0, 0.05) is 6.07 Å². The number of hydrogen-bond acceptors (Lipinski definition) is 2. The van der Waals surface area contributed by atoms with E-state index in [9.17, 15) is 4.91 Å². The second-order valence-electron chi connectivity index (χ2n) is 4.14. The summed E-state index contributed by atoms with van der Waals surface area (Å²) in [5.74, 6) is 0. The van der Waals surface area contributed by atoms with Gasteiger partial charge in [-0.3, -0.25) is 0 Å². The topological polar surface area (TPSA) is 29.3 Å². The van der Waals surface area contributed by atoms with E-state index in [-0.39, 0.29) is 0 Å². The lowest BCUT2D eigenvalue weighted by Gasteiger charge is -2.13. The second-order valence-corrected chi connectivity index (χ2v) is 4.14. The van der Waals surface area contributed by atoms with E-state index in [2.05, 4.69) is 13.0 Å². The summed E-state index contributed by atoms with van der Waals surface area (Å²) in [4.78, 5) is 17.6. The SMILES string of the molecule is CCc1ccc2c(c1)[N+](=O)OC2(C)CC. The third-order valence-electron chi connectivity index (χ3n) is 3.20. The van der Waals surface area contributed by atoms with Crippen LogP contribution in [0.15, 0.2) is 18.2 Å². The zero-order valence-corrected chi connectivity index (χ0v) is 9.41. The fourth-order valence-electron chi connectivity index (χ4n) is 1.93. The minimum Gasteiger partial charge on any atom is -0.215 e. The monoisotopic (exact) mass is 206 g/mol. The van der Waals surface area contributed by atoms with Crippen LogP contribution in [0.1, 0.15) is 38.3 Å². The molecule has 1 aliphatic heterocycles. The summed E-state index contributed by atoms with van der Waals surface area (Å²) in [5, 5.41) is 0. The molecule has 0 aliphatic carbocycles. The Bertz CT molecular complexity index is 414. The largest absolute Gasteiger partial charge is 0.324 e. The molecule has 3 heteroatoms. The van der Waals surface area contributed by atoms with Crippen molar-refractivity contribution in [3.05, 3.63) is 34.2 Å². The molecule has 0 aromatic heterocycles. The Labute approximate surface area is 89.6 Å². The van der Waals surface area contributed by atoms with Crippen molar-refractivity contribution in [3.8, 4) is 0 Å². The highest BCUT2D eigenvalue weighted by Crippen LogP contribution is 2.42. The van der Waals surface area contributed by atoms with Gasteiger partial charge >= 0.3 is 5.69 Å². The molecule has 1 heterocycles. The molecule has 0 spiro atoms. The highest BCUT2D eigenvalue weighted by Gasteiger charge is 2.48. The molecule has 80 valence electrons. The van der Waals surface area contributed by atoms with Gasteiger partial charge < -0.3 is 0 Å². The van der Waals surface area contributed by atoms with Crippen molar-refractivity contribution in [2.75, 3.05) is 0 Å². The Morgan fingerprint density at radius 3 is 2.73 bits per heavy atom. The zero-order valence-electron chi connectivity index (χ0n) is 9.41. The first-order chi connectivity index (χ1) is 7.10. The van der Waals surface area contributed by atoms with E-state index >= 15 is 0 Å². The normalized spacial score (nSPS) is 23.8. The Hall–Kier alpha value is -1.38. The van der Waals surface area contributed by atoms with Gasteiger partial charge in [-0.2, -0.15) is 0 Å². The maximum atomic E-state index is 11.6. The molecule has 0 amide bonds. The van der Waals surface area contributed by atoms with E-state index in [0.717, 1.165) is 18.4 Å². The van der Waals surface area contributed by atoms with Crippen LogP contribution >= 0.6 is 0 Å². The van der Waals surface area contributed by atoms with Crippen molar-refractivity contribution in [3.63, 3.8) is 0 Å². The van der Waals surface area contributed by atoms with Crippen LogP contribution in [0.25, 0.3) is 0 Å². The van der Waals surface area contributed by atoms with Gasteiger partial charge in [0.05, 0.1) is 10.5 Å². The first-order valence-electron chi connectivity index (χ1n) is 5.40. The standard InChI is InChI=1S/C12H16NO2/c1-4-9-6-7-10-11(8-9)13(14)15-12(10,3)5-2/h6-8H,4-5H2,1-3H3/q+1. The van der Waals surface area contributed by atoms with Crippen LogP contribution in [0, 0.1) is 4.91 Å².